The van der Waals surface area contributed by atoms with E-state index in [1.165, 1.54) is 7.11 Å². The molecule has 1 amide bonds. The molecule has 0 saturated heterocycles. The van der Waals surface area contributed by atoms with Crippen molar-refractivity contribution in [2.24, 2.45) is 5.73 Å². The van der Waals surface area contributed by atoms with Gasteiger partial charge in [-0.1, -0.05) is 18.2 Å². The van der Waals surface area contributed by atoms with Crippen molar-refractivity contribution in [3.05, 3.63) is 29.3 Å². The number of anilines is 1. The molecular weight excluding hydrogens is 180 g/mol. The van der Waals surface area contributed by atoms with Gasteiger partial charge in [0.25, 0.3) is 0 Å². The minimum absolute atomic E-state index is 0.390. The Morgan fingerprint density at radius 1 is 1.57 bits per heavy atom. The molecule has 0 bridgehead atoms. The Labute approximate surface area is 83.1 Å². The molecule has 0 fully saturated rings. The molecule has 0 radical (unpaired) electrons. The van der Waals surface area contributed by atoms with Gasteiger partial charge < -0.3 is 10.5 Å². The van der Waals surface area contributed by atoms with Gasteiger partial charge in [-0.15, -0.1) is 0 Å². The molecule has 3 N–H and O–H groups in total. The minimum Gasteiger partial charge on any atom is -0.453 e. The summed E-state index contributed by atoms with van der Waals surface area (Å²) in [5, 5.41) is 2.64. The van der Waals surface area contributed by atoms with E-state index in [1.54, 1.807) is 0 Å². The lowest BCUT2D eigenvalue weighted by Crippen LogP contribution is -2.14. The molecule has 0 spiro atoms. The molecule has 76 valence electrons. The van der Waals surface area contributed by atoms with Crippen LogP contribution in [0.25, 0.3) is 0 Å². The van der Waals surface area contributed by atoms with Crippen molar-refractivity contribution in [2.75, 3.05) is 12.4 Å². The summed E-state index contributed by atoms with van der Waals surface area (Å²) < 4.78 is 4.52. The zero-order valence-electron chi connectivity index (χ0n) is 8.33. The molecule has 0 aliphatic heterocycles. The zero-order chi connectivity index (χ0) is 10.6. The molecule has 1 aromatic carbocycles. The highest BCUT2D eigenvalue weighted by Gasteiger charge is 2.07. The number of nitrogens with one attached hydrogen (secondary N) is 1. The predicted molar refractivity (Wildman–Crippen MR) is 55.1 cm³/mol. The normalized spacial score (nSPS) is 9.64. The van der Waals surface area contributed by atoms with Crippen molar-refractivity contribution in [1.29, 1.82) is 0 Å². The van der Waals surface area contributed by atoms with E-state index in [2.05, 4.69) is 10.1 Å². The zero-order valence-corrected chi connectivity index (χ0v) is 8.33. The summed E-state index contributed by atoms with van der Waals surface area (Å²) in [5.41, 5.74) is 8.15. The highest BCUT2D eigenvalue weighted by atomic mass is 16.5. The van der Waals surface area contributed by atoms with E-state index in [9.17, 15) is 4.79 Å². The average Bonchev–Trinajstić information content (AvgIpc) is 2.20. The van der Waals surface area contributed by atoms with Gasteiger partial charge in [0.2, 0.25) is 0 Å². The third-order valence-electron chi connectivity index (χ3n) is 1.99. The Hall–Kier alpha value is -1.55. The van der Waals surface area contributed by atoms with Crippen LogP contribution in [-0.4, -0.2) is 13.2 Å². The Morgan fingerprint density at radius 2 is 2.29 bits per heavy atom. The van der Waals surface area contributed by atoms with Gasteiger partial charge in [0, 0.05) is 6.54 Å². The van der Waals surface area contributed by atoms with Gasteiger partial charge in [0.15, 0.2) is 0 Å². The van der Waals surface area contributed by atoms with Crippen molar-refractivity contribution in [2.45, 2.75) is 13.5 Å². The van der Waals surface area contributed by atoms with Crippen LogP contribution in [0.1, 0.15) is 11.1 Å². The first-order valence-corrected chi connectivity index (χ1v) is 4.32. The number of benzene rings is 1. The highest BCUT2D eigenvalue weighted by molar-refractivity contribution is 5.86. The number of amides is 1. The molecule has 0 aliphatic rings. The average molecular weight is 194 g/mol. The Morgan fingerprint density at radius 3 is 2.86 bits per heavy atom. The topological polar surface area (TPSA) is 64.3 Å². The van der Waals surface area contributed by atoms with Crippen LogP contribution in [0.3, 0.4) is 0 Å². The number of ether oxygens (including phenoxy) is 1. The molecular formula is C10H14N2O2. The Bertz CT molecular complexity index is 337. The second-order valence-electron chi connectivity index (χ2n) is 2.93. The lowest BCUT2D eigenvalue weighted by atomic mass is 10.1. The van der Waals surface area contributed by atoms with E-state index in [4.69, 9.17) is 5.73 Å². The van der Waals surface area contributed by atoms with Crippen molar-refractivity contribution >= 4 is 11.8 Å². The largest absolute Gasteiger partial charge is 0.453 e. The molecule has 1 aromatic rings. The van der Waals surface area contributed by atoms with E-state index < -0.39 is 6.09 Å². The summed E-state index contributed by atoms with van der Waals surface area (Å²) >= 11 is 0. The smallest absolute Gasteiger partial charge is 0.411 e. The van der Waals surface area contributed by atoms with E-state index in [0.717, 1.165) is 16.8 Å². The minimum atomic E-state index is -0.478. The van der Waals surface area contributed by atoms with Crippen LogP contribution in [0.15, 0.2) is 18.2 Å². The molecule has 0 saturated carbocycles. The quantitative estimate of drug-likeness (QED) is 0.752. The van der Waals surface area contributed by atoms with Crippen LogP contribution >= 0.6 is 0 Å². The molecule has 14 heavy (non-hydrogen) atoms. The standard InChI is InChI=1S/C10H14N2O2/c1-7-4-3-5-8(6-11)9(7)12-10(13)14-2/h3-5H,6,11H2,1-2H3,(H,12,13). The maximum atomic E-state index is 11.0. The molecule has 4 heteroatoms. The fourth-order valence-corrected chi connectivity index (χ4v) is 1.23. The number of carbonyl (C=O) groups is 1. The molecule has 0 atom stereocenters. The van der Waals surface area contributed by atoms with E-state index >= 15 is 0 Å². The van der Waals surface area contributed by atoms with Crippen LogP contribution in [0, 0.1) is 6.92 Å². The van der Waals surface area contributed by atoms with Crippen LogP contribution in [-0.2, 0) is 11.3 Å². The summed E-state index contributed by atoms with van der Waals surface area (Å²) in [7, 11) is 1.33. The molecule has 0 aliphatic carbocycles. The van der Waals surface area contributed by atoms with Gasteiger partial charge in [0.05, 0.1) is 12.8 Å². The maximum Gasteiger partial charge on any atom is 0.411 e. The number of aryl methyl sites for hydroxylation is 1. The van der Waals surface area contributed by atoms with Crippen molar-refractivity contribution in [1.82, 2.24) is 0 Å². The number of nitrogens with two attached hydrogens (primary N) is 1. The number of para-hydroxylation sites is 1. The summed E-state index contributed by atoms with van der Waals surface area (Å²) in [6.45, 7) is 2.30. The summed E-state index contributed by atoms with van der Waals surface area (Å²) in [4.78, 5) is 11.0. The monoisotopic (exact) mass is 194 g/mol. The maximum absolute atomic E-state index is 11.0. The van der Waals surface area contributed by atoms with Gasteiger partial charge in [-0.25, -0.2) is 4.79 Å². The number of rotatable bonds is 2. The van der Waals surface area contributed by atoms with E-state index in [0.29, 0.717) is 6.54 Å². The predicted octanol–water partition coefficient (Wildman–Crippen LogP) is 1.63. The van der Waals surface area contributed by atoms with Gasteiger partial charge in [0.1, 0.15) is 0 Å². The number of carbonyl (C=O) groups excluding carboxylic acids is 1. The fraction of sp³-hybridized carbons (Fsp3) is 0.300. The third kappa shape index (κ3) is 2.23. The number of hydrogen-bond acceptors (Lipinski definition) is 3. The van der Waals surface area contributed by atoms with Crippen LogP contribution in [0.2, 0.25) is 0 Å². The number of hydrogen-bond donors (Lipinski definition) is 2. The van der Waals surface area contributed by atoms with Gasteiger partial charge in [-0.3, -0.25) is 5.32 Å². The van der Waals surface area contributed by atoms with Crippen LogP contribution < -0.4 is 11.1 Å². The van der Waals surface area contributed by atoms with Gasteiger partial charge >= 0.3 is 6.09 Å². The van der Waals surface area contributed by atoms with Crippen molar-refractivity contribution in [3.63, 3.8) is 0 Å². The Balaban J connectivity index is 2.98. The molecule has 0 unspecified atom stereocenters. The molecule has 0 heterocycles. The SMILES string of the molecule is COC(=O)Nc1c(C)cccc1CN. The first-order valence-electron chi connectivity index (χ1n) is 4.32. The Kier molecular flexibility index (Phi) is 3.48. The number of methoxy groups -OCH3 is 1. The van der Waals surface area contributed by atoms with Gasteiger partial charge in [-0.2, -0.15) is 0 Å². The molecule has 0 aromatic heterocycles. The molecule has 4 nitrogen and oxygen atoms in total. The second-order valence-corrected chi connectivity index (χ2v) is 2.93. The lowest BCUT2D eigenvalue weighted by Gasteiger charge is -2.11. The van der Waals surface area contributed by atoms with E-state index in [-0.39, 0.29) is 0 Å². The van der Waals surface area contributed by atoms with Crippen molar-refractivity contribution in [3.8, 4) is 0 Å². The van der Waals surface area contributed by atoms with Crippen molar-refractivity contribution < 1.29 is 9.53 Å². The first-order chi connectivity index (χ1) is 6.69. The van der Waals surface area contributed by atoms with Crippen LogP contribution in [0.5, 0.6) is 0 Å². The lowest BCUT2D eigenvalue weighted by molar-refractivity contribution is 0.187. The van der Waals surface area contributed by atoms with Crippen LogP contribution in [0.4, 0.5) is 10.5 Å². The summed E-state index contributed by atoms with van der Waals surface area (Å²) in [6.07, 6.45) is -0.478. The fourth-order valence-electron chi connectivity index (χ4n) is 1.23. The second kappa shape index (κ2) is 4.62. The summed E-state index contributed by atoms with van der Waals surface area (Å²) in [5.74, 6) is 0. The first kappa shape index (κ1) is 10.5. The summed E-state index contributed by atoms with van der Waals surface area (Å²) in [6, 6.07) is 5.68. The third-order valence-corrected chi connectivity index (χ3v) is 1.99. The van der Waals surface area contributed by atoms with Gasteiger partial charge in [-0.05, 0) is 18.1 Å². The molecule has 1 rings (SSSR count). The highest BCUT2D eigenvalue weighted by Crippen LogP contribution is 2.19. The van der Waals surface area contributed by atoms with E-state index in [1.807, 2.05) is 25.1 Å².